The average molecular weight is 310 g/mol. The Hall–Kier alpha value is -2.27. The van der Waals surface area contributed by atoms with Crippen LogP contribution in [0.4, 0.5) is 10.1 Å². The number of carboxylic acids is 1. The quantitative estimate of drug-likeness (QED) is 0.882. The predicted molar refractivity (Wildman–Crippen MR) is 78.7 cm³/mol. The maximum atomic E-state index is 13.0. The molecule has 0 spiro atoms. The van der Waals surface area contributed by atoms with E-state index in [9.17, 15) is 9.18 Å². The monoisotopic (exact) mass is 309 g/mol. The molecule has 2 aromatic rings. The molecule has 0 heterocycles. The molecule has 0 aromatic heterocycles. The Labute approximate surface area is 126 Å². The Bertz CT molecular complexity index is 676. The summed E-state index contributed by atoms with van der Waals surface area (Å²) in [5.41, 5.74) is 1.36. The lowest BCUT2D eigenvalue weighted by Gasteiger charge is -2.12. The highest BCUT2D eigenvalue weighted by molar-refractivity contribution is 6.31. The molecule has 0 bridgehead atoms. The summed E-state index contributed by atoms with van der Waals surface area (Å²) >= 11 is 5.95. The van der Waals surface area contributed by atoms with Gasteiger partial charge in [-0.25, -0.2) is 9.18 Å². The highest BCUT2D eigenvalue weighted by Crippen LogP contribution is 2.27. The van der Waals surface area contributed by atoms with Gasteiger partial charge in [-0.3, -0.25) is 0 Å². The Kier molecular flexibility index (Phi) is 4.65. The number of nitrogens with one attached hydrogen (secondary N) is 1. The predicted octanol–water partition coefficient (Wildman–Crippen LogP) is 3.80. The second-order valence-corrected chi connectivity index (χ2v) is 4.72. The number of aromatic carboxylic acids is 1. The minimum absolute atomic E-state index is 0.142. The van der Waals surface area contributed by atoms with Crippen LogP contribution in [0.5, 0.6) is 5.75 Å². The van der Waals surface area contributed by atoms with E-state index in [0.29, 0.717) is 28.6 Å². The standard InChI is InChI=1S/C15H13ClFNO3/c1-21-14-5-3-9(15(19)20)6-13(14)18-8-10-2-4-11(17)7-12(10)16/h2-7,18H,8H2,1H3,(H,19,20). The zero-order valence-electron chi connectivity index (χ0n) is 11.2. The highest BCUT2D eigenvalue weighted by Gasteiger charge is 2.09. The van der Waals surface area contributed by atoms with Crippen molar-refractivity contribution < 1.29 is 19.0 Å². The molecule has 0 atom stereocenters. The first kappa shape index (κ1) is 15.1. The summed E-state index contributed by atoms with van der Waals surface area (Å²) in [4.78, 5) is 11.0. The van der Waals surface area contributed by atoms with E-state index in [1.54, 1.807) is 12.1 Å². The Balaban J connectivity index is 2.22. The van der Waals surface area contributed by atoms with Gasteiger partial charge in [-0.1, -0.05) is 17.7 Å². The number of methoxy groups -OCH3 is 1. The zero-order chi connectivity index (χ0) is 15.4. The number of hydrogen-bond acceptors (Lipinski definition) is 3. The summed E-state index contributed by atoms with van der Waals surface area (Å²) in [6.07, 6.45) is 0. The maximum Gasteiger partial charge on any atom is 0.335 e. The lowest BCUT2D eigenvalue weighted by molar-refractivity contribution is 0.0697. The number of benzene rings is 2. The van der Waals surface area contributed by atoms with Gasteiger partial charge in [0, 0.05) is 11.6 Å². The highest BCUT2D eigenvalue weighted by atomic mass is 35.5. The van der Waals surface area contributed by atoms with Crippen molar-refractivity contribution in [3.05, 3.63) is 58.4 Å². The topological polar surface area (TPSA) is 58.6 Å². The minimum atomic E-state index is -1.03. The molecule has 21 heavy (non-hydrogen) atoms. The van der Waals surface area contributed by atoms with Gasteiger partial charge in [-0.15, -0.1) is 0 Å². The van der Waals surface area contributed by atoms with Crippen molar-refractivity contribution in [2.24, 2.45) is 0 Å². The average Bonchev–Trinajstić information content (AvgIpc) is 2.46. The van der Waals surface area contributed by atoms with Gasteiger partial charge in [0.05, 0.1) is 18.4 Å². The fraction of sp³-hybridized carbons (Fsp3) is 0.133. The lowest BCUT2D eigenvalue weighted by atomic mass is 10.1. The van der Waals surface area contributed by atoms with Gasteiger partial charge in [-0.05, 0) is 35.9 Å². The second-order valence-electron chi connectivity index (χ2n) is 4.31. The van der Waals surface area contributed by atoms with Crippen LogP contribution in [0.2, 0.25) is 5.02 Å². The van der Waals surface area contributed by atoms with Gasteiger partial charge >= 0.3 is 5.97 Å². The summed E-state index contributed by atoms with van der Waals surface area (Å²) in [5.74, 6) is -0.923. The normalized spacial score (nSPS) is 10.2. The van der Waals surface area contributed by atoms with Crippen LogP contribution < -0.4 is 10.1 Å². The zero-order valence-corrected chi connectivity index (χ0v) is 11.9. The number of hydrogen-bond donors (Lipinski definition) is 2. The van der Waals surface area contributed by atoms with Crippen LogP contribution in [-0.4, -0.2) is 18.2 Å². The fourth-order valence-corrected chi connectivity index (χ4v) is 2.07. The van der Waals surface area contributed by atoms with Crippen LogP contribution in [0.15, 0.2) is 36.4 Å². The number of halogens is 2. The summed E-state index contributed by atoms with van der Waals surface area (Å²) in [5, 5.41) is 12.3. The van der Waals surface area contributed by atoms with Gasteiger partial charge in [0.25, 0.3) is 0 Å². The van der Waals surface area contributed by atoms with E-state index >= 15 is 0 Å². The van der Waals surface area contributed by atoms with Crippen molar-refractivity contribution in [1.82, 2.24) is 0 Å². The van der Waals surface area contributed by atoms with Gasteiger partial charge in [0.2, 0.25) is 0 Å². The molecular weight excluding hydrogens is 297 g/mol. The Morgan fingerprint density at radius 3 is 2.71 bits per heavy atom. The first-order valence-corrected chi connectivity index (χ1v) is 6.48. The lowest BCUT2D eigenvalue weighted by Crippen LogP contribution is -2.04. The largest absolute Gasteiger partial charge is 0.495 e. The third-order valence-electron chi connectivity index (χ3n) is 2.93. The van der Waals surface area contributed by atoms with Crippen LogP contribution in [0.25, 0.3) is 0 Å². The van der Waals surface area contributed by atoms with Gasteiger partial charge in [0.15, 0.2) is 0 Å². The summed E-state index contributed by atoms with van der Waals surface area (Å²) in [7, 11) is 1.49. The van der Waals surface area contributed by atoms with Gasteiger partial charge in [-0.2, -0.15) is 0 Å². The van der Waals surface area contributed by atoms with Crippen molar-refractivity contribution in [2.75, 3.05) is 12.4 Å². The van der Waals surface area contributed by atoms with Crippen molar-refractivity contribution in [3.63, 3.8) is 0 Å². The molecule has 0 aliphatic heterocycles. The first-order chi connectivity index (χ1) is 10.0. The molecule has 0 amide bonds. The maximum absolute atomic E-state index is 13.0. The summed E-state index contributed by atoms with van der Waals surface area (Å²) in [6.45, 7) is 0.318. The molecule has 0 fully saturated rings. The molecule has 110 valence electrons. The number of carbonyl (C=O) groups is 1. The first-order valence-electron chi connectivity index (χ1n) is 6.10. The summed E-state index contributed by atoms with van der Waals surface area (Å²) in [6, 6.07) is 8.60. The minimum Gasteiger partial charge on any atom is -0.495 e. The van der Waals surface area contributed by atoms with Gasteiger partial charge < -0.3 is 15.2 Å². The Morgan fingerprint density at radius 2 is 2.10 bits per heavy atom. The molecule has 2 aromatic carbocycles. The Morgan fingerprint density at radius 1 is 1.33 bits per heavy atom. The van der Waals surface area contributed by atoms with E-state index in [1.165, 1.54) is 31.4 Å². The van der Waals surface area contributed by atoms with Crippen LogP contribution in [0, 0.1) is 5.82 Å². The van der Waals surface area contributed by atoms with Crippen molar-refractivity contribution in [1.29, 1.82) is 0 Å². The molecular formula is C15H13ClFNO3. The van der Waals surface area contributed by atoms with Crippen LogP contribution in [-0.2, 0) is 6.54 Å². The molecule has 0 radical (unpaired) electrons. The number of anilines is 1. The van der Waals surface area contributed by atoms with E-state index in [4.69, 9.17) is 21.4 Å². The third kappa shape index (κ3) is 3.64. The molecule has 6 heteroatoms. The smallest absolute Gasteiger partial charge is 0.335 e. The van der Waals surface area contributed by atoms with Crippen molar-refractivity contribution in [3.8, 4) is 5.75 Å². The number of rotatable bonds is 5. The SMILES string of the molecule is COc1ccc(C(=O)O)cc1NCc1ccc(F)cc1Cl. The molecule has 2 N–H and O–H groups in total. The second kappa shape index (κ2) is 6.45. The third-order valence-corrected chi connectivity index (χ3v) is 3.28. The molecule has 0 aliphatic rings. The molecule has 0 aliphatic carbocycles. The van der Waals surface area contributed by atoms with E-state index in [-0.39, 0.29) is 5.56 Å². The number of carboxylic acid groups (broad SMARTS) is 1. The van der Waals surface area contributed by atoms with E-state index in [1.807, 2.05) is 0 Å². The van der Waals surface area contributed by atoms with E-state index < -0.39 is 11.8 Å². The molecule has 4 nitrogen and oxygen atoms in total. The van der Waals surface area contributed by atoms with E-state index in [2.05, 4.69) is 5.32 Å². The number of ether oxygens (including phenoxy) is 1. The summed E-state index contributed by atoms with van der Waals surface area (Å²) < 4.78 is 18.2. The molecule has 0 unspecified atom stereocenters. The molecule has 0 saturated carbocycles. The van der Waals surface area contributed by atoms with Crippen molar-refractivity contribution >= 4 is 23.3 Å². The van der Waals surface area contributed by atoms with Gasteiger partial charge in [0.1, 0.15) is 11.6 Å². The fourth-order valence-electron chi connectivity index (χ4n) is 1.83. The molecule has 2 rings (SSSR count). The van der Waals surface area contributed by atoms with E-state index in [0.717, 1.165) is 0 Å². The molecule has 0 saturated heterocycles. The van der Waals surface area contributed by atoms with Crippen LogP contribution in [0.3, 0.4) is 0 Å². The van der Waals surface area contributed by atoms with Crippen LogP contribution >= 0.6 is 11.6 Å². The van der Waals surface area contributed by atoms with Crippen LogP contribution in [0.1, 0.15) is 15.9 Å². The van der Waals surface area contributed by atoms with Crippen molar-refractivity contribution in [2.45, 2.75) is 6.54 Å².